The van der Waals surface area contributed by atoms with Gasteiger partial charge in [0.15, 0.2) is 0 Å². The average molecular weight is 291 g/mol. The van der Waals surface area contributed by atoms with E-state index in [0.29, 0.717) is 25.3 Å². The van der Waals surface area contributed by atoms with Gasteiger partial charge in [0.2, 0.25) is 5.91 Å². The van der Waals surface area contributed by atoms with Crippen LogP contribution in [0, 0.1) is 6.92 Å². The second kappa shape index (κ2) is 6.17. The van der Waals surface area contributed by atoms with Crippen molar-refractivity contribution in [2.45, 2.75) is 32.9 Å². The van der Waals surface area contributed by atoms with E-state index in [1.165, 1.54) is 6.20 Å². The highest BCUT2D eigenvalue weighted by atomic mass is 16.2. The van der Waals surface area contributed by atoms with E-state index >= 15 is 0 Å². The summed E-state index contributed by atoms with van der Waals surface area (Å²) in [5.74, 6) is -0.617. The highest BCUT2D eigenvalue weighted by molar-refractivity contribution is 5.92. The predicted molar refractivity (Wildman–Crippen MR) is 77.5 cm³/mol. The summed E-state index contributed by atoms with van der Waals surface area (Å²) in [4.78, 5) is 35.9. The highest BCUT2D eigenvalue weighted by Crippen LogP contribution is 2.15. The maximum Gasteiger partial charge on any atom is 0.274 e. The van der Waals surface area contributed by atoms with Gasteiger partial charge in [-0.1, -0.05) is 0 Å². The van der Waals surface area contributed by atoms with Gasteiger partial charge in [0, 0.05) is 31.9 Å². The minimum absolute atomic E-state index is 0.207. The quantitative estimate of drug-likeness (QED) is 0.833. The van der Waals surface area contributed by atoms with Gasteiger partial charge in [-0.15, -0.1) is 0 Å². The van der Waals surface area contributed by atoms with Crippen molar-refractivity contribution in [2.24, 2.45) is 5.73 Å². The SMILES string of the molecule is Cc1cnc(C(=O)N2CCN(C(C)C)[C@@H](C(N)=O)C2)cn1. The number of aryl methyl sites for hydroxylation is 1. The number of carbonyl (C=O) groups is 2. The first kappa shape index (κ1) is 15.4. The number of rotatable bonds is 3. The third kappa shape index (κ3) is 3.36. The number of hydrogen-bond donors (Lipinski definition) is 1. The Morgan fingerprint density at radius 3 is 2.52 bits per heavy atom. The molecule has 0 unspecified atom stereocenters. The second-order valence-corrected chi connectivity index (χ2v) is 5.54. The summed E-state index contributed by atoms with van der Waals surface area (Å²) < 4.78 is 0. The van der Waals surface area contributed by atoms with Crippen LogP contribution in [0.5, 0.6) is 0 Å². The third-order valence-electron chi connectivity index (χ3n) is 3.70. The molecule has 1 aromatic rings. The fraction of sp³-hybridized carbons (Fsp3) is 0.571. The van der Waals surface area contributed by atoms with Gasteiger partial charge in [0.05, 0.1) is 11.9 Å². The summed E-state index contributed by atoms with van der Waals surface area (Å²) in [6, 6.07) is -0.250. The molecule has 21 heavy (non-hydrogen) atoms. The molecular weight excluding hydrogens is 270 g/mol. The topological polar surface area (TPSA) is 92.4 Å². The second-order valence-electron chi connectivity index (χ2n) is 5.54. The number of piperazine rings is 1. The van der Waals surface area contributed by atoms with Gasteiger partial charge < -0.3 is 10.6 Å². The molecule has 1 saturated heterocycles. The number of aromatic nitrogens is 2. The Bertz CT molecular complexity index is 529. The molecule has 1 atom stereocenters. The summed E-state index contributed by atoms with van der Waals surface area (Å²) in [6.07, 6.45) is 3.02. The number of amides is 2. The summed E-state index contributed by atoms with van der Waals surface area (Å²) in [7, 11) is 0. The molecule has 2 amide bonds. The lowest BCUT2D eigenvalue weighted by Crippen LogP contribution is -2.61. The first-order chi connectivity index (χ1) is 9.90. The Hall–Kier alpha value is -2.02. The molecule has 1 aliphatic rings. The van der Waals surface area contributed by atoms with Crippen LogP contribution in [0.3, 0.4) is 0 Å². The van der Waals surface area contributed by atoms with Gasteiger partial charge in [-0.3, -0.25) is 19.5 Å². The Morgan fingerprint density at radius 1 is 1.29 bits per heavy atom. The van der Waals surface area contributed by atoms with Crippen LogP contribution in [-0.4, -0.2) is 63.3 Å². The number of primary amides is 1. The molecule has 0 saturated carbocycles. The van der Waals surface area contributed by atoms with Crippen LogP contribution in [0.1, 0.15) is 30.0 Å². The summed E-state index contributed by atoms with van der Waals surface area (Å²) in [6.45, 7) is 7.30. The molecule has 1 fully saturated rings. The lowest BCUT2D eigenvalue weighted by Gasteiger charge is -2.41. The molecule has 1 aromatic heterocycles. The summed E-state index contributed by atoms with van der Waals surface area (Å²) in [5.41, 5.74) is 6.52. The summed E-state index contributed by atoms with van der Waals surface area (Å²) >= 11 is 0. The monoisotopic (exact) mass is 291 g/mol. The van der Waals surface area contributed by atoms with Crippen molar-refractivity contribution in [3.63, 3.8) is 0 Å². The van der Waals surface area contributed by atoms with Crippen molar-refractivity contribution in [3.05, 3.63) is 23.8 Å². The molecule has 1 aliphatic heterocycles. The zero-order valence-corrected chi connectivity index (χ0v) is 12.6. The number of nitrogens with two attached hydrogens (primary N) is 1. The molecule has 0 bridgehead atoms. The van der Waals surface area contributed by atoms with Crippen LogP contribution >= 0.6 is 0 Å². The maximum atomic E-state index is 12.4. The van der Waals surface area contributed by atoms with E-state index in [2.05, 4.69) is 9.97 Å². The Balaban J connectivity index is 2.13. The minimum Gasteiger partial charge on any atom is -0.368 e. The van der Waals surface area contributed by atoms with Crippen LogP contribution < -0.4 is 5.73 Å². The molecule has 2 heterocycles. The van der Waals surface area contributed by atoms with Crippen molar-refractivity contribution in [2.75, 3.05) is 19.6 Å². The van der Waals surface area contributed by atoms with Gasteiger partial charge in [-0.2, -0.15) is 0 Å². The average Bonchev–Trinajstić information content (AvgIpc) is 2.46. The normalized spacial score (nSPS) is 19.8. The largest absolute Gasteiger partial charge is 0.368 e. The standard InChI is InChI=1S/C14H21N5O2/c1-9(2)19-5-4-18(8-12(19)13(15)20)14(21)11-7-16-10(3)6-17-11/h6-7,9,12H,4-5,8H2,1-3H3,(H2,15,20)/t12-/m1/s1. The van der Waals surface area contributed by atoms with E-state index < -0.39 is 11.9 Å². The smallest absolute Gasteiger partial charge is 0.274 e. The molecule has 0 aromatic carbocycles. The Morgan fingerprint density at radius 2 is 2.00 bits per heavy atom. The van der Waals surface area contributed by atoms with Crippen molar-refractivity contribution >= 4 is 11.8 Å². The van der Waals surface area contributed by atoms with Gasteiger partial charge in [0.1, 0.15) is 11.7 Å². The Labute approximate surface area is 124 Å². The van der Waals surface area contributed by atoms with Crippen LogP contribution in [0.25, 0.3) is 0 Å². The van der Waals surface area contributed by atoms with E-state index in [-0.39, 0.29) is 11.9 Å². The van der Waals surface area contributed by atoms with Crippen LogP contribution in [-0.2, 0) is 4.79 Å². The van der Waals surface area contributed by atoms with Crippen molar-refractivity contribution in [3.8, 4) is 0 Å². The lowest BCUT2D eigenvalue weighted by molar-refractivity contribution is -0.126. The van der Waals surface area contributed by atoms with E-state index in [1.807, 2.05) is 25.7 Å². The van der Waals surface area contributed by atoms with Gasteiger partial charge in [-0.25, -0.2) is 4.98 Å². The van der Waals surface area contributed by atoms with Gasteiger partial charge >= 0.3 is 0 Å². The molecule has 0 radical (unpaired) electrons. The molecule has 2 rings (SSSR count). The lowest BCUT2D eigenvalue weighted by atomic mass is 10.1. The third-order valence-corrected chi connectivity index (χ3v) is 3.70. The van der Waals surface area contributed by atoms with Crippen LogP contribution in [0.15, 0.2) is 12.4 Å². The first-order valence-corrected chi connectivity index (χ1v) is 7.03. The van der Waals surface area contributed by atoms with Crippen molar-refractivity contribution < 1.29 is 9.59 Å². The molecule has 0 aliphatic carbocycles. The molecule has 2 N–H and O–H groups in total. The fourth-order valence-corrected chi connectivity index (χ4v) is 2.52. The van der Waals surface area contributed by atoms with Crippen LogP contribution in [0.4, 0.5) is 0 Å². The predicted octanol–water partition coefficient (Wildman–Crippen LogP) is -0.195. The zero-order chi connectivity index (χ0) is 15.6. The highest BCUT2D eigenvalue weighted by Gasteiger charge is 2.34. The van der Waals surface area contributed by atoms with Crippen LogP contribution in [0.2, 0.25) is 0 Å². The van der Waals surface area contributed by atoms with Crippen molar-refractivity contribution in [1.29, 1.82) is 0 Å². The number of hydrogen-bond acceptors (Lipinski definition) is 5. The first-order valence-electron chi connectivity index (χ1n) is 7.03. The minimum atomic E-state index is -0.457. The van der Waals surface area contributed by atoms with Gasteiger partial charge in [0.25, 0.3) is 5.91 Å². The molecular formula is C14H21N5O2. The maximum absolute atomic E-state index is 12.4. The fourth-order valence-electron chi connectivity index (χ4n) is 2.52. The molecule has 0 spiro atoms. The molecule has 114 valence electrons. The molecule has 7 nitrogen and oxygen atoms in total. The van der Waals surface area contributed by atoms with Crippen molar-refractivity contribution in [1.82, 2.24) is 19.8 Å². The van der Waals surface area contributed by atoms with Gasteiger partial charge in [-0.05, 0) is 20.8 Å². The number of carbonyl (C=O) groups excluding carboxylic acids is 2. The molecule has 7 heteroatoms. The zero-order valence-electron chi connectivity index (χ0n) is 12.6. The Kier molecular flexibility index (Phi) is 4.52. The number of nitrogens with zero attached hydrogens (tertiary/aromatic N) is 4. The summed E-state index contributed by atoms with van der Waals surface area (Å²) in [5, 5.41) is 0. The van der Waals surface area contributed by atoms with E-state index in [9.17, 15) is 9.59 Å². The van der Waals surface area contributed by atoms with E-state index in [0.717, 1.165) is 5.69 Å². The van der Waals surface area contributed by atoms with E-state index in [4.69, 9.17) is 5.73 Å². The van der Waals surface area contributed by atoms with E-state index in [1.54, 1.807) is 11.1 Å².